The van der Waals surface area contributed by atoms with Crippen molar-refractivity contribution in [2.75, 3.05) is 20.4 Å². The normalized spacial score (nSPS) is 10.8. The fourth-order valence-corrected chi connectivity index (χ4v) is 1.93. The minimum Gasteiger partial charge on any atom is -0.493 e. The first-order valence-corrected chi connectivity index (χ1v) is 6.71. The Hall–Kier alpha value is -1.91. The fraction of sp³-hybridized carbons (Fsp3) is 0.533. The van der Waals surface area contributed by atoms with E-state index >= 15 is 0 Å². The molecule has 1 aromatic carbocycles. The van der Waals surface area contributed by atoms with Crippen LogP contribution < -0.4 is 14.8 Å². The van der Waals surface area contributed by atoms with Gasteiger partial charge in [0.25, 0.3) is 0 Å². The Labute approximate surface area is 120 Å². The number of benzene rings is 1. The van der Waals surface area contributed by atoms with E-state index in [4.69, 9.17) is 9.47 Å². The monoisotopic (exact) mass is 280 g/mol. The number of methoxy groups -OCH3 is 1. The summed E-state index contributed by atoms with van der Waals surface area (Å²) < 4.78 is 10.7. The first kappa shape index (κ1) is 16.1. The van der Waals surface area contributed by atoms with Crippen LogP contribution in [0.3, 0.4) is 0 Å². The molecule has 0 aromatic heterocycles. The Morgan fingerprint density at radius 2 is 1.85 bits per heavy atom. The van der Waals surface area contributed by atoms with Gasteiger partial charge in [0.15, 0.2) is 18.2 Å². The van der Waals surface area contributed by atoms with Crippen LogP contribution in [-0.4, -0.2) is 36.9 Å². The van der Waals surface area contributed by atoms with Crippen molar-refractivity contribution in [3.63, 3.8) is 0 Å². The van der Waals surface area contributed by atoms with Crippen molar-refractivity contribution < 1.29 is 14.3 Å². The van der Waals surface area contributed by atoms with E-state index in [1.54, 1.807) is 18.1 Å². The maximum absolute atomic E-state index is 12.1. The molecule has 0 aliphatic heterocycles. The Morgan fingerprint density at radius 3 is 2.35 bits per heavy atom. The third-order valence-electron chi connectivity index (χ3n) is 2.89. The Bertz CT molecular complexity index is 441. The van der Waals surface area contributed by atoms with Gasteiger partial charge in [0.2, 0.25) is 0 Å². The van der Waals surface area contributed by atoms with Gasteiger partial charge < -0.3 is 19.7 Å². The smallest absolute Gasteiger partial charge is 0.320 e. The van der Waals surface area contributed by atoms with Gasteiger partial charge >= 0.3 is 6.03 Å². The molecule has 5 heteroatoms. The number of carbonyl (C=O) groups is 1. The highest BCUT2D eigenvalue weighted by Gasteiger charge is 2.24. The second-order valence-electron chi connectivity index (χ2n) is 5.34. The van der Waals surface area contributed by atoms with Crippen LogP contribution in [0.4, 0.5) is 4.79 Å². The second-order valence-corrected chi connectivity index (χ2v) is 5.34. The number of hydrogen-bond donors (Lipinski definition) is 1. The number of nitrogens with zero attached hydrogens (tertiary/aromatic N) is 1. The number of hydrogen-bond acceptors (Lipinski definition) is 3. The molecule has 0 aliphatic carbocycles. The summed E-state index contributed by atoms with van der Waals surface area (Å²) in [5.74, 6) is 1.25. The van der Waals surface area contributed by atoms with E-state index < -0.39 is 0 Å². The zero-order valence-corrected chi connectivity index (χ0v) is 12.9. The van der Waals surface area contributed by atoms with Gasteiger partial charge in [-0.25, -0.2) is 4.79 Å². The Morgan fingerprint density at radius 1 is 1.25 bits per heavy atom. The van der Waals surface area contributed by atoms with Crippen molar-refractivity contribution in [2.24, 2.45) is 0 Å². The Kier molecular flexibility index (Phi) is 5.67. The van der Waals surface area contributed by atoms with Crippen LogP contribution in [0.2, 0.25) is 0 Å². The molecule has 1 aromatic rings. The maximum atomic E-state index is 12.1. The van der Waals surface area contributed by atoms with E-state index in [1.807, 2.05) is 45.9 Å². The maximum Gasteiger partial charge on any atom is 0.320 e. The van der Waals surface area contributed by atoms with E-state index in [-0.39, 0.29) is 18.3 Å². The van der Waals surface area contributed by atoms with Crippen molar-refractivity contribution >= 4 is 6.03 Å². The molecule has 1 rings (SSSR count). The lowest BCUT2D eigenvalue weighted by Gasteiger charge is -2.34. The largest absolute Gasteiger partial charge is 0.493 e. The van der Waals surface area contributed by atoms with Gasteiger partial charge in [0.05, 0.1) is 7.11 Å². The minimum absolute atomic E-state index is 0.103. The lowest BCUT2D eigenvalue weighted by molar-refractivity contribution is 0.141. The predicted molar refractivity (Wildman–Crippen MR) is 79.2 cm³/mol. The highest BCUT2D eigenvalue weighted by atomic mass is 16.5. The van der Waals surface area contributed by atoms with E-state index in [2.05, 4.69) is 5.32 Å². The van der Waals surface area contributed by atoms with Gasteiger partial charge in [-0.3, -0.25) is 0 Å². The van der Waals surface area contributed by atoms with E-state index in [0.29, 0.717) is 18.0 Å². The van der Waals surface area contributed by atoms with Gasteiger partial charge in [0, 0.05) is 12.1 Å². The van der Waals surface area contributed by atoms with Crippen LogP contribution in [0.5, 0.6) is 11.5 Å². The van der Waals surface area contributed by atoms with Crippen LogP contribution >= 0.6 is 0 Å². The molecular formula is C15H24N2O3. The first-order chi connectivity index (χ1) is 9.40. The van der Waals surface area contributed by atoms with Crippen molar-refractivity contribution in [2.45, 2.75) is 33.2 Å². The zero-order valence-electron chi connectivity index (χ0n) is 12.9. The molecule has 0 atom stereocenters. The van der Waals surface area contributed by atoms with Crippen LogP contribution in [0.15, 0.2) is 24.3 Å². The molecule has 0 radical (unpaired) electrons. The van der Waals surface area contributed by atoms with Gasteiger partial charge in [-0.2, -0.15) is 0 Å². The molecule has 20 heavy (non-hydrogen) atoms. The molecule has 0 fully saturated rings. The van der Waals surface area contributed by atoms with Crippen LogP contribution in [0.1, 0.15) is 27.7 Å². The number of para-hydroxylation sites is 2. The zero-order chi connectivity index (χ0) is 15.2. The lowest BCUT2D eigenvalue weighted by Crippen LogP contribution is -2.50. The third-order valence-corrected chi connectivity index (χ3v) is 2.89. The standard InChI is InChI=1S/C15H24N2O3/c1-6-17(15(2,3)4)14(18)16-11-20-13-10-8-7-9-12(13)19-5/h7-10H,6,11H2,1-5H3,(H,16,18). The molecule has 5 nitrogen and oxygen atoms in total. The quantitative estimate of drug-likeness (QED) is 0.844. The molecule has 0 saturated carbocycles. The number of nitrogens with one attached hydrogen (secondary N) is 1. The number of amides is 2. The molecule has 2 amide bonds. The number of rotatable bonds is 5. The summed E-state index contributed by atoms with van der Waals surface area (Å²) in [6, 6.07) is 7.18. The van der Waals surface area contributed by atoms with Gasteiger partial charge in [-0.05, 0) is 39.8 Å². The summed E-state index contributed by atoms with van der Waals surface area (Å²) in [5, 5.41) is 2.75. The number of ether oxygens (including phenoxy) is 2. The van der Waals surface area contributed by atoms with Crippen molar-refractivity contribution in [3.05, 3.63) is 24.3 Å². The summed E-state index contributed by atoms with van der Waals surface area (Å²) >= 11 is 0. The van der Waals surface area contributed by atoms with Crippen LogP contribution in [0, 0.1) is 0 Å². The highest BCUT2D eigenvalue weighted by molar-refractivity contribution is 5.74. The minimum atomic E-state index is -0.219. The lowest BCUT2D eigenvalue weighted by atomic mass is 10.1. The summed E-state index contributed by atoms with van der Waals surface area (Å²) in [6.45, 7) is 8.69. The molecule has 0 spiro atoms. The molecular weight excluding hydrogens is 256 g/mol. The molecule has 0 unspecified atom stereocenters. The van der Waals surface area contributed by atoms with Gasteiger partial charge in [-0.15, -0.1) is 0 Å². The first-order valence-electron chi connectivity index (χ1n) is 6.71. The molecule has 1 N–H and O–H groups in total. The van der Waals surface area contributed by atoms with E-state index in [1.165, 1.54) is 0 Å². The Balaban J connectivity index is 2.54. The van der Waals surface area contributed by atoms with Crippen LogP contribution in [0.25, 0.3) is 0 Å². The molecule has 0 bridgehead atoms. The predicted octanol–water partition coefficient (Wildman–Crippen LogP) is 2.86. The second kappa shape index (κ2) is 7.03. The fourth-order valence-electron chi connectivity index (χ4n) is 1.93. The molecule has 0 aliphatic rings. The summed E-state index contributed by atoms with van der Waals surface area (Å²) in [5.41, 5.74) is -0.219. The molecule has 0 saturated heterocycles. The summed E-state index contributed by atoms with van der Waals surface area (Å²) in [4.78, 5) is 13.8. The average Bonchev–Trinajstić information content (AvgIpc) is 2.38. The van der Waals surface area contributed by atoms with Crippen LogP contribution in [-0.2, 0) is 0 Å². The molecule has 0 heterocycles. The average molecular weight is 280 g/mol. The van der Waals surface area contributed by atoms with Gasteiger partial charge in [-0.1, -0.05) is 12.1 Å². The van der Waals surface area contributed by atoms with E-state index in [0.717, 1.165) is 0 Å². The highest BCUT2D eigenvalue weighted by Crippen LogP contribution is 2.25. The summed E-state index contributed by atoms with van der Waals surface area (Å²) in [7, 11) is 1.58. The summed E-state index contributed by atoms with van der Waals surface area (Å²) in [6.07, 6.45) is 0. The SMILES string of the molecule is CCN(C(=O)NCOc1ccccc1OC)C(C)(C)C. The van der Waals surface area contributed by atoms with E-state index in [9.17, 15) is 4.79 Å². The number of urea groups is 1. The van der Waals surface area contributed by atoms with Gasteiger partial charge in [0.1, 0.15) is 0 Å². The number of carbonyl (C=O) groups excluding carboxylic acids is 1. The topological polar surface area (TPSA) is 50.8 Å². The van der Waals surface area contributed by atoms with Crippen molar-refractivity contribution in [1.29, 1.82) is 0 Å². The van der Waals surface area contributed by atoms with Crippen molar-refractivity contribution in [1.82, 2.24) is 10.2 Å². The van der Waals surface area contributed by atoms with Crippen molar-refractivity contribution in [3.8, 4) is 11.5 Å². The molecule has 112 valence electrons. The third kappa shape index (κ3) is 4.33.